The Morgan fingerprint density at radius 1 is 1.35 bits per heavy atom. The molecule has 0 fully saturated rings. The molecule has 0 radical (unpaired) electrons. The molecule has 0 aliphatic carbocycles. The van der Waals surface area contributed by atoms with Gasteiger partial charge in [-0.25, -0.2) is 4.39 Å². The van der Waals surface area contributed by atoms with Crippen molar-refractivity contribution in [2.45, 2.75) is 6.92 Å². The average molecular weight is 339 g/mol. The highest BCUT2D eigenvalue weighted by atomic mass is 79.9. The number of halogens is 2. The molecule has 4 nitrogen and oxygen atoms in total. The third-order valence-electron chi connectivity index (χ3n) is 2.71. The molecule has 0 aliphatic rings. The molecular weight excluding hydrogens is 327 g/mol. The number of ether oxygens (including phenoxy) is 1. The minimum absolute atomic E-state index is 0.0972. The topological polar surface area (TPSA) is 67.8 Å². The van der Waals surface area contributed by atoms with Gasteiger partial charge in [0.1, 0.15) is 17.3 Å². The van der Waals surface area contributed by atoms with Crippen molar-refractivity contribution in [2.24, 2.45) is 10.9 Å². The van der Waals surface area contributed by atoms with Crippen LogP contribution in [0.2, 0.25) is 0 Å². The van der Waals surface area contributed by atoms with Crippen molar-refractivity contribution in [1.29, 1.82) is 0 Å². The number of amidine groups is 1. The molecule has 0 spiro atoms. The molecular formula is C14H12BrFN2O2. The number of rotatable bonds is 3. The molecule has 2 aromatic carbocycles. The first-order chi connectivity index (χ1) is 9.52. The predicted molar refractivity (Wildman–Crippen MR) is 77.9 cm³/mol. The molecule has 104 valence electrons. The van der Waals surface area contributed by atoms with Crippen LogP contribution in [0, 0.1) is 12.7 Å². The van der Waals surface area contributed by atoms with E-state index in [0.717, 1.165) is 0 Å². The van der Waals surface area contributed by atoms with Crippen molar-refractivity contribution in [1.82, 2.24) is 0 Å². The van der Waals surface area contributed by atoms with Crippen LogP contribution >= 0.6 is 15.9 Å². The van der Waals surface area contributed by atoms with E-state index in [9.17, 15) is 4.39 Å². The van der Waals surface area contributed by atoms with Crippen LogP contribution in [0.3, 0.4) is 0 Å². The van der Waals surface area contributed by atoms with Crippen molar-refractivity contribution < 1.29 is 14.3 Å². The molecule has 20 heavy (non-hydrogen) atoms. The predicted octanol–water partition coefficient (Wildman–Crippen LogP) is 3.78. The first-order valence-electron chi connectivity index (χ1n) is 5.73. The molecule has 0 heterocycles. The van der Waals surface area contributed by atoms with Gasteiger partial charge in [-0.3, -0.25) is 0 Å². The zero-order valence-corrected chi connectivity index (χ0v) is 12.2. The van der Waals surface area contributed by atoms with Gasteiger partial charge in [0.05, 0.1) is 5.56 Å². The van der Waals surface area contributed by atoms with Crippen LogP contribution in [-0.2, 0) is 0 Å². The number of hydrogen-bond donors (Lipinski definition) is 2. The van der Waals surface area contributed by atoms with Crippen LogP contribution < -0.4 is 10.5 Å². The standard InChI is InChI=1S/C14H12BrFN2O2/c1-8-5-6-9(7-11(8)16)20-12-4-2-3-10(15)13(12)14(17)18-19/h2-7,19H,1H3,(H2,17,18). The summed E-state index contributed by atoms with van der Waals surface area (Å²) in [4.78, 5) is 0. The molecule has 0 unspecified atom stereocenters. The molecule has 0 saturated carbocycles. The molecule has 0 aromatic heterocycles. The van der Waals surface area contributed by atoms with Gasteiger partial charge in [-0.1, -0.05) is 17.3 Å². The summed E-state index contributed by atoms with van der Waals surface area (Å²) in [5.74, 6) is 0.235. The summed E-state index contributed by atoms with van der Waals surface area (Å²) in [5.41, 5.74) is 6.55. The van der Waals surface area contributed by atoms with E-state index in [0.29, 0.717) is 27.1 Å². The first-order valence-corrected chi connectivity index (χ1v) is 6.52. The molecule has 0 atom stereocenters. The second-order valence-electron chi connectivity index (χ2n) is 4.11. The Morgan fingerprint density at radius 2 is 2.10 bits per heavy atom. The lowest BCUT2D eigenvalue weighted by molar-refractivity contribution is 0.318. The number of oxime groups is 1. The fourth-order valence-corrected chi connectivity index (χ4v) is 2.20. The zero-order chi connectivity index (χ0) is 14.7. The quantitative estimate of drug-likeness (QED) is 0.387. The summed E-state index contributed by atoms with van der Waals surface area (Å²) in [6, 6.07) is 9.66. The highest BCUT2D eigenvalue weighted by Crippen LogP contribution is 2.31. The maximum absolute atomic E-state index is 13.5. The van der Waals surface area contributed by atoms with E-state index in [-0.39, 0.29) is 11.7 Å². The van der Waals surface area contributed by atoms with Crippen molar-refractivity contribution >= 4 is 21.8 Å². The minimum Gasteiger partial charge on any atom is -0.456 e. The van der Waals surface area contributed by atoms with Crippen LogP contribution in [0.15, 0.2) is 46.0 Å². The van der Waals surface area contributed by atoms with Crippen LogP contribution in [0.4, 0.5) is 4.39 Å². The maximum atomic E-state index is 13.5. The summed E-state index contributed by atoms with van der Waals surface area (Å²) in [6.07, 6.45) is 0. The Bertz CT molecular complexity index is 674. The Kier molecular flexibility index (Phi) is 4.24. The van der Waals surface area contributed by atoms with Gasteiger partial charge in [0.25, 0.3) is 0 Å². The van der Waals surface area contributed by atoms with Crippen LogP contribution in [0.1, 0.15) is 11.1 Å². The summed E-state index contributed by atoms with van der Waals surface area (Å²) in [6.45, 7) is 1.67. The van der Waals surface area contributed by atoms with Crippen molar-refractivity contribution in [3.05, 3.63) is 57.8 Å². The highest BCUT2D eigenvalue weighted by molar-refractivity contribution is 9.10. The molecule has 2 rings (SSSR count). The number of nitrogens with zero attached hydrogens (tertiary/aromatic N) is 1. The number of aryl methyl sites for hydroxylation is 1. The number of hydrogen-bond acceptors (Lipinski definition) is 3. The van der Waals surface area contributed by atoms with Crippen molar-refractivity contribution in [3.8, 4) is 11.5 Å². The first kappa shape index (κ1) is 14.3. The van der Waals surface area contributed by atoms with Gasteiger partial charge in [0.15, 0.2) is 5.84 Å². The van der Waals surface area contributed by atoms with Gasteiger partial charge in [-0.2, -0.15) is 0 Å². The Morgan fingerprint density at radius 3 is 2.75 bits per heavy atom. The summed E-state index contributed by atoms with van der Waals surface area (Å²) in [7, 11) is 0. The highest BCUT2D eigenvalue weighted by Gasteiger charge is 2.13. The Labute approximate surface area is 123 Å². The Balaban J connectivity index is 2.43. The van der Waals surface area contributed by atoms with E-state index >= 15 is 0 Å². The maximum Gasteiger partial charge on any atom is 0.175 e. The molecule has 0 bridgehead atoms. The van der Waals surface area contributed by atoms with Crippen molar-refractivity contribution in [2.75, 3.05) is 0 Å². The van der Waals surface area contributed by atoms with Gasteiger partial charge >= 0.3 is 0 Å². The summed E-state index contributed by atoms with van der Waals surface area (Å²) >= 11 is 3.30. The molecule has 3 N–H and O–H groups in total. The molecule has 6 heteroatoms. The largest absolute Gasteiger partial charge is 0.456 e. The monoisotopic (exact) mass is 338 g/mol. The lowest BCUT2D eigenvalue weighted by Gasteiger charge is -2.12. The number of nitrogens with two attached hydrogens (primary N) is 1. The summed E-state index contributed by atoms with van der Waals surface area (Å²) < 4.78 is 19.7. The lowest BCUT2D eigenvalue weighted by atomic mass is 10.2. The summed E-state index contributed by atoms with van der Waals surface area (Å²) in [5, 5.41) is 11.8. The minimum atomic E-state index is -0.358. The normalized spacial score (nSPS) is 11.4. The second-order valence-corrected chi connectivity index (χ2v) is 4.97. The molecule has 0 saturated heterocycles. The Hall–Kier alpha value is -2.08. The fourth-order valence-electron chi connectivity index (χ4n) is 1.65. The average Bonchev–Trinajstić information content (AvgIpc) is 2.42. The van der Waals surface area contributed by atoms with Crippen molar-refractivity contribution in [3.63, 3.8) is 0 Å². The third kappa shape index (κ3) is 2.91. The van der Waals surface area contributed by atoms with E-state index in [2.05, 4.69) is 21.1 Å². The van der Waals surface area contributed by atoms with E-state index < -0.39 is 0 Å². The van der Waals surface area contributed by atoms with Gasteiger partial charge < -0.3 is 15.7 Å². The smallest absolute Gasteiger partial charge is 0.175 e. The number of benzene rings is 2. The van der Waals surface area contributed by atoms with Gasteiger partial charge in [-0.15, -0.1) is 0 Å². The molecule has 0 amide bonds. The lowest BCUT2D eigenvalue weighted by Crippen LogP contribution is -2.15. The van der Waals surface area contributed by atoms with E-state index in [4.69, 9.17) is 15.7 Å². The molecule has 2 aromatic rings. The van der Waals surface area contributed by atoms with Gasteiger partial charge in [0, 0.05) is 10.5 Å². The van der Waals surface area contributed by atoms with Crippen LogP contribution in [0.5, 0.6) is 11.5 Å². The molecule has 0 aliphatic heterocycles. The van der Waals surface area contributed by atoms with Gasteiger partial charge in [0.2, 0.25) is 0 Å². The van der Waals surface area contributed by atoms with E-state index in [1.807, 2.05) is 0 Å². The second kappa shape index (κ2) is 5.92. The fraction of sp³-hybridized carbons (Fsp3) is 0.0714. The van der Waals surface area contributed by atoms with Gasteiger partial charge in [-0.05, 0) is 46.6 Å². The SMILES string of the molecule is Cc1ccc(Oc2cccc(Br)c2/C(N)=N/O)cc1F. The van der Waals surface area contributed by atoms with E-state index in [1.165, 1.54) is 6.07 Å². The van der Waals surface area contributed by atoms with Crippen LogP contribution in [-0.4, -0.2) is 11.0 Å². The van der Waals surface area contributed by atoms with Crippen LogP contribution in [0.25, 0.3) is 0 Å². The van der Waals surface area contributed by atoms with E-state index in [1.54, 1.807) is 37.3 Å². The third-order valence-corrected chi connectivity index (χ3v) is 3.37. The zero-order valence-electron chi connectivity index (χ0n) is 10.6.